The lowest BCUT2D eigenvalue weighted by molar-refractivity contribution is -0.122. The fraction of sp³-hybridized carbons (Fsp3) is 0.0500. The van der Waals surface area contributed by atoms with Crippen molar-refractivity contribution in [2.45, 2.75) is 6.92 Å². The molecule has 0 unspecified atom stereocenters. The molecule has 1 radical (unpaired) electrons. The van der Waals surface area contributed by atoms with Crippen LogP contribution in [0.4, 0.5) is 5.13 Å². The minimum Gasteiger partial charge on any atom is -0.369 e. The number of hydrogen-bond acceptors (Lipinski definition) is 5. The summed E-state index contributed by atoms with van der Waals surface area (Å²) in [5.74, 6) is -1.78. The molecule has 0 bridgehead atoms. The highest BCUT2D eigenvalue weighted by molar-refractivity contribution is 7.18. The molecule has 0 aliphatic heterocycles. The number of thiazole rings is 1. The summed E-state index contributed by atoms with van der Waals surface area (Å²) in [7, 11) is 0. The Hall–Kier alpha value is -3.32. The van der Waals surface area contributed by atoms with Crippen molar-refractivity contribution in [2.75, 3.05) is 5.32 Å². The molecule has 1 heterocycles. The van der Waals surface area contributed by atoms with E-state index in [0.29, 0.717) is 16.1 Å². The molecular formula is C20H16N3O3S. The van der Waals surface area contributed by atoms with Crippen molar-refractivity contribution in [1.29, 1.82) is 0 Å². The number of hydrogen-bond donors (Lipinski definition) is 2. The Kier molecular flexibility index (Phi) is 5.42. The van der Waals surface area contributed by atoms with E-state index in [1.165, 1.54) is 6.92 Å². The van der Waals surface area contributed by atoms with Crippen molar-refractivity contribution >= 4 is 34.1 Å². The fourth-order valence-electron chi connectivity index (χ4n) is 2.34. The number of carbonyl (C=O) groups excluding carboxylic acids is 3. The third-order valence-electron chi connectivity index (χ3n) is 3.85. The quantitative estimate of drug-likeness (QED) is 0.508. The number of nitrogens with one attached hydrogen (secondary N) is 1. The lowest BCUT2D eigenvalue weighted by Crippen LogP contribution is -2.30. The Morgan fingerprint density at radius 3 is 2.15 bits per heavy atom. The van der Waals surface area contributed by atoms with Gasteiger partial charge in [-0.25, -0.2) is 4.98 Å². The van der Waals surface area contributed by atoms with Crippen molar-refractivity contribution in [2.24, 2.45) is 5.73 Å². The van der Waals surface area contributed by atoms with Crippen molar-refractivity contribution < 1.29 is 14.4 Å². The Labute approximate surface area is 160 Å². The van der Waals surface area contributed by atoms with E-state index in [1.807, 2.05) is 36.4 Å². The topological polar surface area (TPSA) is 102 Å². The highest BCUT2D eigenvalue weighted by Crippen LogP contribution is 2.33. The molecule has 2 amide bonds. The number of anilines is 1. The standard InChI is InChI=1S/C20H16N3O3S/c1-12(18(21)25)19(26)23-20-22-15(13-8-4-2-5-9-13)17(27-20)16(24)14-10-6-3-7-11-14/h2-11H,1H3,(H2,21,25)(H,22,23,26). The molecule has 0 saturated carbocycles. The summed E-state index contributed by atoms with van der Waals surface area (Å²) in [6.07, 6.45) is 0. The first-order valence-electron chi connectivity index (χ1n) is 8.08. The van der Waals surface area contributed by atoms with Crippen molar-refractivity contribution in [3.63, 3.8) is 0 Å². The van der Waals surface area contributed by atoms with Crippen molar-refractivity contribution in [1.82, 2.24) is 4.98 Å². The Morgan fingerprint density at radius 2 is 1.56 bits per heavy atom. The van der Waals surface area contributed by atoms with E-state index in [1.54, 1.807) is 24.3 Å². The largest absolute Gasteiger partial charge is 0.369 e. The van der Waals surface area contributed by atoms with Crippen molar-refractivity contribution in [3.8, 4) is 11.3 Å². The van der Waals surface area contributed by atoms with Gasteiger partial charge in [-0.2, -0.15) is 0 Å². The Balaban J connectivity index is 2.01. The second-order valence-corrected chi connectivity index (χ2v) is 6.70. The van der Waals surface area contributed by atoms with E-state index >= 15 is 0 Å². The van der Waals surface area contributed by atoms with Crippen LogP contribution in [-0.2, 0) is 9.59 Å². The zero-order valence-electron chi connectivity index (χ0n) is 14.4. The van der Waals surface area contributed by atoms with Crippen LogP contribution in [0.15, 0.2) is 60.7 Å². The SMILES string of the molecule is C[C](C(N)=O)C(=O)Nc1nc(-c2ccccc2)c(C(=O)c2ccccc2)s1. The number of aromatic nitrogens is 1. The normalized spacial score (nSPS) is 10.6. The van der Waals surface area contributed by atoms with Gasteiger partial charge >= 0.3 is 0 Å². The number of nitrogens with two attached hydrogens (primary N) is 1. The van der Waals surface area contributed by atoms with E-state index in [4.69, 9.17) is 5.73 Å². The summed E-state index contributed by atoms with van der Waals surface area (Å²) in [6.45, 7) is 1.33. The summed E-state index contributed by atoms with van der Waals surface area (Å²) in [5, 5.41) is 2.76. The number of primary amides is 1. The molecule has 6 nitrogen and oxygen atoms in total. The minimum absolute atomic E-state index is 0.137. The molecule has 3 aromatic rings. The highest BCUT2D eigenvalue weighted by atomic mass is 32.1. The van der Waals surface area contributed by atoms with Gasteiger partial charge in [0.25, 0.3) is 0 Å². The molecule has 3 rings (SSSR count). The van der Waals surface area contributed by atoms with Gasteiger partial charge in [-0.3, -0.25) is 14.4 Å². The summed E-state index contributed by atoms with van der Waals surface area (Å²) < 4.78 is 0. The molecule has 0 fully saturated rings. The van der Waals surface area contributed by atoms with Gasteiger partial charge < -0.3 is 11.1 Å². The number of rotatable bonds is 6. The molecule has 3 N–H and O–H groups in total. The summed E-state index contributed by atoms with van der Waals surface area (Å²) in [6, 6.07) is 18.1. The van der Waals surface area contributed by atoms with Crippen LogP contribution in [0.1, 0.15) is 22.2 Å². The van der Waals surface area contributed by atoms with Gasteiger partial charge in [0.15, 0.2) is 5.13 Å². The number of carbonyl (C=O) groups is 3. The maximum Gasteiger partial charge on any atom is 0.243 e. The van der Waals surface area contributed by atoms with Crippen LogP contribution < -0.4 is 11.1 Å². The van der Waals surface area contributed by atoms with E-state index in [2.05, 4.69) is 10.3 Å². The number of nitrogens with zero attached hydrogens (tertiary/aromatic N) is 1. The predicted molar refractivity (Wildman–Crippen MR) is 104 cm³/mol. The summed E-state index contributed by atoms with van der Waals surface area (Å²) >= 11 is 1.06. The number of ketones is 1. The van der Waals surface area contributed by atoms with Gasteiger partial charge in [-0.15, -0.1) is 0 Å². The third-order valence-corrected chi connectivity index (χ3v) is 4.82. The van der Waals surface area contributed by atoms with Crippen LogP contribution in [-0.4, -0.2) is 22.6 Å². The molecule has 0 spiro atoms. The second kappa shape index (κ2) is 7.92. The van der Waals surface area contributed by atoms with Gasteiger partial charge in [0.05, 0.1) is 5.69 Å². The van der Waals surface area contributed by atoms with Crippen LogP contribution in [0.2, 0.25) is 0 Å². The minimum atomic E-state index is -0.812. The maximum atomic E-state index is 13.0. The predicted octanol–water partition coefficient (Wildman–Crippen LogP) is 3.06. The van der Waals surface area contributed by atoms with Gasteiger partial charge in [-0.05, 0) is 6.92 Å². The lowest BCUT2D eigenvalue weighted by atomic mass is 10.1. The number of benzene rings is 2. The fourth-order valence-corrected chi connectivity index (χ4v) is 3.29. The summed E-state index contributed by atoms with van der Waals surface area (Å²) in [5.41, 5.74) is 6.88. The van der Waals surface area contributed by atoms with Crippen molar-refractivity contribution in [3.05, 3.63) is 77.0 Å². The molecule has 7 heteroatoms. The maximum absolute atomic E-state index is 13.0. The summed E-state index contributed by atoms with van der Waals surface area (Å²) in [4.78, 5) is 41.0. The average Bonchev–Trinajstić information content (AvgIpc) is 3.11. The van der Waals surface area contributed by atoms with E-state index in [9.17, 15) is 14.4 Å². The van der Waals surface area contributed by atoms with E-state index in [-0.39, 0.29) is 16.8 Å². The third kappa shape index (κ3) is 4.09. The zero-order valence-corrected chi connectivity index (χ0v) is 15.2. The highest BCUT2D eigenvalue weighted by Gasteiger charge is 2.24. The van der Waals surface area contributed by atoms with Gasteiger partial charge in [0.2, 0.25) is 17.6 Å². The first-order chi connectivity index (χ1) is 13.0. The van der Waals surface area contributed by atoms with Crippen LogP contribution >= 0.6 is 11.3 Å². The molecule has 0 aliphatic carbocycles. The zero-order chi connectivity index (χ0) is 19.4. The van der Waals surface area contributed by atoms with Crippen LogP contribution in [0.5, 0.6) is 0 Å². The molecule has 135 valence electrons. The van der Waals surface area contributed by atoms with Gasteiger partial charge in [0.1, 0.15) is 10.8 Å². The second-order valence-electron chi connectivity index (χ2n) is 5.70. The monoisotopic (exact) mass is 378 g/mol. The average molecular weight is 378 g/mol. The van der Waals surface area contributed by atoms with Gasteiger partial charge in [-0.1, -0.05) is 72.0 Å². The van der Waals surface area contributed by atoms with Crippen LogP contribution in [0.25, 0.3) is 11.3 Å². The molecule has 27 heavy (non-hydrogen) atoms. The molecular weight excluding hydrogens is 362 g/mol. The molecule has 1 aromatic heterocycles. The van der Waals surface area contributed by atoms with E-state index < -0.39 is 11.8 Å². The molecule has 2 aromatic carbocycles. The van der Waals surface area contributed by atoms with Crippen LogP contribution in [0.3, 0.4) is 0 Å². The Bertz CT molecular complexity index is 984. The number of amides is 2. The molecule has 0 atom stereocenters. The first-order valence-corrected chi connectivity index (χ1v) is 8.89. The molecule has 0 saturated heterocycles. The van der Waals surface area contributed by atoms with Crippen LogP contribution in [0, 0.1) is 5.92 Å². The lowest BCUT2D eigenvalue weighted by Gasteiger charge is -2.04. The van der Waals surface area contributed by atoms with E-state index in [0.717, 1.165) is 16.9 Å². The molecule has 0 aliphatic rings. The smallest absolute Gasteiger partial charge is 0.243 e. The van der Waals surface area contributed by atoms with Gasteiger partial charge in [0, 0.05) is 11.1 Å². The Morgan fingerprint density at radius 1 is 0.963 bits per heavy atom. The first kappa shape index (κ1) is 18.5.